The van der Waals surface area contributed by atoms with Gasteiger partial charge in [-0.1, -0.05) is 46.0 Å². The van der Waals surface area contributed by atoms with Crippen molar-refractivity contribution in [3.05, 3.63) is 11.8 Å². The Morgan fingerprint density at radius 2 is 1.68 bits per heavy atom. The summed E-state index contributed by atoms with van der Waals surface area (Å²) in [5.41, 5.74) is 0. The van der Waals surface area contributed by atoms with Gasteiger partial charge in [-0.05, 0) is 69.3 Å². The summed E-state index contributed by atoms with van der Waals surface area (Å²) in [5, 5.41) is 10.6. The number of hydrogen-bond donors (Lipinski definition) is 1. The monoisotopic (exact) mass is 390 g/mol. The minimum Gasteiger partial charge on any atom is -0.495 e. The highest BCUT2D eigenvalue weighted by Gasteiger charge is 2.55. The lowest BCUT2D eigenvalue weighted by atomic mass is 9.57. The SMILES string of the molecule is CCC/C=C1\OC(C)C2C([C@H]3CCCC4C(O)OC(CCCC)C43)CCC[C@@H]12. The molecule has 3 heteroatoms. The fourth-order valence-corrected chi connectivity index (χ4v) is 7.34. The van der Waals surface area contributed by atoms with Crippen LogP contribution in [0.2, 0.25) is 0 Å². The summed E-state index contributed by atoms with van der Waals surface area (Å²) in [6.07, 6.45) is 16.1. The third kappa shape index (κ3) is 3.78. The Hall–Kier alpha value is -0.540. The van der Waals surface area contributed by atoms with E-state index in [0.29, 0.717) is 35.7 Å². The van der Waals surface area contributed by atoms with Crippen LogP contribution in [0.4, 0.5) is 0 Å². The third-order valence-electron chi connectivity index (χ3n) is 8.44. The summed E-state index contributed by atoms with van der Waals surface area (Å²) in [6, 6.07) is 0. The molecule has 28 heavy (non-hydrogen) atoms. The second-order valence-corrected chi connectivity index (χ2v) is 10.0. The van der Waals surface area contributed by atoms with Gasteiger partial charge in [0.15, 0.2) is 6.29 Å². The van der Waals surface area contributed by atoms with E-state index in [1.807, 2.05) is 0 Å². The molecule has 2 saturated heterocycles. The Kier molecular flexibility index (Phi) is 6.72. The maximum Gasteiger partial charge on any atom is 0.158 e. The Morgan fingerprint density at radius 1 is 0.964 bits per heavy atom. The third-order valence-corrected chi connectivity index (χ3v) is 8.44. The molecule has 4 fully saturated rings. The summed E-state index contributed by atoms with van der Waals surface area (Å²) in [6.45, 7) is 6.83. The lowest BCUT2D eigenvalue weighted by molar-refractivity contribution is -0.110. The van der Waals surface area contributed by atoms with Crippen molar-refractivity contribution in [1.29, 1.82) is 0 Å². The smallest absolute Gasteiger partial charge is 0.158 e. The van der Waals surface area contributed by atoms with Crippen LogP contribution in [-0.4, -0.2) is 23.6 Å². The molecule has 0 aromatic carbocycles. The summed E-state index contributed by atoms with van der Waals surface area (Å²) < 4.78 is 12.6. The van der Waals surface area contributed by atoms with Gasteiger partial charge in [0.05, 0.1) is 18.0 Å². The maximum atomic E-state index is 10.6. The second-order valence-electron chi connectivity index (χ2n) is 10.0. The predicted molar refractivity (Wildman–Crippen MR) is 113 cm³/mol. The molecular weight excluding hydrogens is 348 g/mol. The molecule has 2 aliphatic heterocycles. The Morgan fingerprint density at radius 3 is 2.43 bits per heavy atom. The molecule has 1 N–H and O–H groups in total. The van der Waals surface area contributed by atoms with Crippen LogP contribution in [0.25, 0.3) is 0 Å². The Labute approximate surface area is 172 Å². The average Bonchev–Trinajstić information content (AvgIpc) is 3.21. The highest BCUT2D eigenvalue weighted by Crippen LogP contribution is 2.57. The fraction of sp³-hybridized carbons (Fsp3) is 0.920. The van der Waals surface area contributed by atoms with Crippen molar-refractivity contribution in [3.8, 4) is 0 Å². The number of aliphatic hydroxyl groups excluding tert-OH is 1. The van der Waals surface area contributed by atoms with Gasteiger partial charge < -0.3 is 14.6 Å². The second kappa shape index (κ2) is 9.08. The van der Waals surface area contributed by atoms with Gasteiger partial charge in [-0.15, -0.1) is 0 Å². The van der Waals surface area contributed by atoms with Crippen molar-refractivity contribution in [2.24, 2.45) is 35.5 Å². The van der Waals surface area contributed by atoms with Crippen LogP contribution < -0.4 is 0 Å². The molecule has 0 bridgehead atoms. The van der Waals surface area contributed by atoms with E-state index in [1.54, 1.807) is 0 Å². The summed E-state index contributed by atoms with van der Waals surface area (Å²) in [5.74, 6) is 5.01. The quantitative estimate of drug-likeness (QED) is 0.599. The first kappa shape index (κ1) is 20.7. The molecule has 160 valence electrons. The zero-order chi connectivity index (χ0) is 19.7. The van der Waals surface area contributed by atoms with Gasteiger partial charge >= 0.3 is 0 Å². The number of allylic oxidation sites excluding steroid dienone is 2. The van der Waals surface area contributed by atoms with Crippen molar-refractivity contribution in [1.82, 2.24) is 0 Å². The molecule has 0 spiro atoms. The molecule has 0 aromatic rings. The summed E-state index contributed by atoms with van der Waals surface area (Å²) >= 11 is 0. The van der Waals surface area contributed by atoms with Gasteiger partial charge in [0, 0.05) is 17.8 Å². The number of hydrogen-bond acceptors (Lipinski definition) is 3. The minimum atomic E-state index is -0.522. The highest BCUT2D eigenvalue weighted by atomic mass is 16.6. The van der Waals surface area contributed by atoms with Gasteiger partial charge in [0.1, 0.15) is 0 Å². The lowest BCUT2D eigenvalue weighted by Gasteiger charge is -2.46. The summed E-state index contributed by atoms with van der Waals surface area (Å²) in [4.78, 5) is 0. The Balaban J connectivity index is 1.56. The van der Waals surface area contributed by atoms with E-state index in [0.717, 1.165) is 25.2 Å². The first-order chi connectivity index (χ1) is 13.7. The predicted octanol–water partition coefficient (Wildman–Crippen LogP) is 6.06. The van der Waals surface area contributed by atoms with Crippen LogP contribution in [0, 0.1) is 35.5 Å². The lowest BCUT2D eigenvalue weighted by Crippen LogP contribution is -2.43. The number of rotatable bonds is 6. The normalized spacial score (nSPS) is 47.0. The first-order valence-corrected chi connectivity index (χ1v) is 12.4. The van der Waals surface area contributed by atoms with Gasteiger partial charge in [-0.3, -0.25) is 0 Å². The number of unbranched alkanes of at least 4 members (excludes halogenated alkanes) is 2. The molecule has 3 nitrogen and oxygen atoms in total. The molecule has 0 radical (unpaired) electrons. The van der Waals surface area contributed by atoms with E-state index in [2.05, 4.69) is 26.8 Å². The topological polar surface area (TPSA) is 38.7 Å². The van der Waals surface area contributed by atoms with E-state index in [4.69, 9.17) is 9.47 Å². The highest BCUT2D eigenvalue weighted by molar-refractivity contribution is 5.12. The molecule has 2 heterocycles. The zero-order valence-corrected chi connectivity index (χ0v) is 18.3. The molecule has 4 rings (SSSR count). The van der Waals surface area contributed by atoms with Crippen LogP contribution in [0.1, 0.15) is 91.4 Å². The fourth-order valence-electron chi connectivity index (χ4n) is 7.34. The van der Waals surface area contributed by atoms with E-state index < -0.39 is 6.29 Å². The molecule has 0 aromatic heterocycles. The van der Waals surface area contributed by atoms with Crippen molar-refractivity contribution >= 4 is 0 Å². The van der Waals surface area contributed by atoms with Crippen LogP contribution in [0.5, 0.6) is 0 Å². The number of fused-ring (bicyclic) bond motifs is 2. The van der Waals surface area contributed by atoms with Gasteiger partial charge in [0.25, 0.3) is 0 Å². The Bertz CT molecular complexity index is 544. The minimum absolute atomic E-state index is 0.276. The standard InChI is InChI=1S/C25H42O3/c1-4-6-14-21-19-12-8-10-17(23(19)16(3)27-21)18-11-9-13-20-24(18)22(15-7-5-2)28-25(20)26/h14,16-20,22-26H,4-13,15H2,1-3H3/b21-14-/t16?,17?,18-,19+,20?,22?,23?,24?,25?/m1/s1. The van der Waals surface area contributed by atoms with E-state index >= 15 is 0 Å². The van der Waals surface area contributed by atoms with Crippen LogP contribution in [-0.2, 0) is 9.47 Å². The van der Waals surface area contributed by atoms with E-state index in [1.165, 1.54) is 57.1 Å². The molecule has 7 unspecified atom stereocenters. The first-order valence-electron chi connectivity index (χ1n) is 12.4. The van der Waals surface area contributed by atoms with Crippen LogP contribution >= 0.6 is 0 Å². The molecule has 2 aliphatic carbocycles. The van der Waals surface area contributed by atoms with E-state index in [-0.39, 0.29) is 6.10 Å². The van der Waals surface area contributed by atoms with Crippen molar-refractivity contribution in [3.63, 3.8) is 0 Å². The molecule has 4 aliphatic rings. The van der Waals surface area contributed by atoms with Gasteiger partial charge in [0.2, 0.25) is 0 Å². The largest absolute Gasteiger partial charge is 0.495 e. The summed E-state index contributed by atoms with van der Waals surface area (Å²) in [7, 11) is 0. The van der Waals surface area contributed by atoms with Crippen molar-refractivity contribution < 1.29 is 14.6 Å². The average molecular weight is 391 g/mol. The number of ether oxygens (including phenoxy) is 2. The van der Waals surface area contributed by atoms with Crippen molar-refractivity contribution in [2.45, 2.75) is 110 Å². The molecule has 0 amide bonds. The van der Waals surface area contributed by atoms with Crippen LogP contribution in [0.3, 0.4) is 0 Å². The van der Waals surface area contributed by atoms with Gasteiger partial charge in [-0.2, -0.15) is 0 Å². The van der Waals surface area contributed by atoms with Crippen LogP contribution in [0.15, 0.2) is 11.8 Å². The van der Waals surface area contributed by atoms with E-state index in [9.17, 15) is 5.11 Å². The zero-order valence-electron chi connectivity index (χ0n) is 18.3. The van der Waals surface area contributed by atoms with Crippen molar-refractivity contribution in [2.75, 3.05) is 0 Å². The number of aliphatic hydroxyl groups is 1. The molecule has 9 atom stereocenters. The maximum absolute atomic E-state index is 10.6. The molecule has 2 saturated carbocycles. The molecular formula is C25H42O3. The van der Waals surface area contributed by atoms with Gasteiger partial charge in [-0.25, -0.2) is 0 Å².